The number of fused-ring (bicyclic) bond motifs is 1. The van der Waals surface area contributed by atoms with Crippen LogP contribution in [0, 0.1) is 12.9 Å². The molecule has 4 aromatic rings. The first kappa shape index (κ1) is 24.6. The van der Waals surface area contributed by atoms with Gasteiger partial charge in [-0.1, -0.05) is 12.1 Å². The smallest absolute Gasteiger partial charge is 0.415 e. The van der Waals surface area contributed by atoms with E-state index in [-0.39, 0.29) is 6.09 Å². The summed E-state index contributed by atoms with van der Waals surface area (Å²) < 4.78 is 21.8. The highest BCUT2D eigenvalue weighted by molar-refractivity contribution is 5.98. The van der Waals surface area contributed by atoms with E-state index < -0.39 is 11.5 Å². The number of carbonyl (C=O) groups is 1. The maximum absolute atomic E-state index is 13.5. The minimum atomic E-state index is -0.479. The molecular weight excluding hydrogens is 481 g/mol. The maximum Gasteiger partial charge on any atom is 0.415 e. The van der Waals surface area contributed by atoms with Crippen LogP contribution in [0.3, 0.4) is 0 Å². The van der Waals surface area contributed by atoms with Gasteiger partial charge in [-0.3, -0.25) is 14.8 Å². The molecule has 0 N–H and O–H groups in total. The lowest BCUT2D eigenvalue weighted by Gasteiger charge is -2.37. The zero-order valence-electron chi connectivity index (χ0n) is 22.0. The number of rotatable bonds is 5. The van der Waals surface area contributed by atoms with Crippen LogP contribution < -0.4 is 4.90 Å². The number of aromatic nitrogens is 3. The highest BCUT2D eigenvalue weighted by Gasteiger charge is 2.47. The summed E-state index contributed by atoms with van der Waals surface area (Å²) in [6.45, 7) is 9.31. The first-order chi connectivity index (χ1) is 18.3. The molecule has 0 aliphatic carbocycles. The lowest BCUT2D eigenvalue weighted by atomic mass is 9.91. The molecule has 1 amide bonds. The van der Waals surface area contributed by atoms with Crippen molar-refractivity contribution >= 4 is 22.7 Å². The van der Waals surface area contributed by atoms with Crippen molar-refractivity contribution in [3.63, 3.8) is 0 Å². The number of halogens is 1. The number of piperidine rings is 1. The van der Waals surface area contributed by atoms with Crippen LogP contribution in [0.25, 0.3) is 22.0 Å². The van der Waals surface area contributed by atoms with E-state index in [2.05, 4.69) is 57.7 Å². The molecule has 2 aliphatic rings. The molecule has 0 bridgehead atoms. The van der Waals surface area contributed by atoms with Crippen LogP contribution in [0.15, 0.2) is 61.1 Å². The van der Waals surface area contributed by atoms with Gasteiger partial charge in [0.25, 0.3) is 0 Å². The number of likely N-dealkylation sites (tertiary alicyclic amines) is 1. The Bertz CT molecular complexity index is 1470. The molecule has 0 radical (unpaired) electrons. The van der Waals surface area contributed by atoms with E-state index in [9.17, 15) is 9.18 Å². The van der Waals surface area contributed by atoms with Crippen LogP contribution in [0.1, 0.15) is 44.0 Å². The Morgan fingerprint density at radius 3 is 2.55 bits per heavy atom. The monoisotopic (exact) mass is 513 g/mol. The molecule has 0 atom stereocenters. The Kier molecular flexibility index (Phi) is 6.14. The zero-order chi connectivity index (χ0) is 26.4. The van der Waals surface area contributed by atoms with Crippen molar-refractivity contribution in [1.29, 1.82) is 0 Å². The second-order valence-corrected chi connectivity index (χ2v) is 10.8. The van der Waals surface area contributed by atoms with Crippen LogP contribution in [-0.4, -0.2) is 50.8 Å². The quantitative estimate of drug-likeness (QED) is 0.301. The molecule has 2 saturated heterocycles. The number of aryl methyl sites for hydroxylation is 1. The summed E-state index contributed by atoms with van der Waals surface area (Å²) in [5, 5.41) is 1.18. The van der Waals surface area contributed by atoms with Gasteiger partial charge in [-0.2, -0.15) is 4.39 Å². The maximum atomic E-state index is 13.5. The minimum Gasteiger partial charge on any atom is -0.441 e. The Morgan fingerprint density at radius 2 is 1.87 bits per heavy atom. The highest BCUT2D eigenvalue weighted by atomic mass is 19.1. The number of benzene rings is 1. The van der Waals surface area contributed by atoms with E-state index in [1.54, 1.807) is 23.4 Å². The molecule has 0 saturated carbocycles. The molecule has 7 nitrogen and oxygen atoms in total. The van der Waals surface area contributed by atoms with Crippen molar-refractivity contribution in [2.45, 2.75) is 51.8 Å². The fourth-order valence-corrected chi connectivity index (χ4v) is 5.78. The Morgan fingerprint density at radius 1 is 1.05 bits per heavy atom. The summed E-state index contributed by atoms with van der Waals surface area (Å²) >= 11 is 0. The number of hydrogen-bond acceptors (Lipinski definition) is 5. The molecule has 196 valence electrons. The SMILES string of the molecule is Cc1ccc(N2CC3(CCN(Cc4cn(C(C)C)c5cccc(-c6ccc(F)nc6)c45)CC3)OC2=O)cn1. The second kappa shape index (κ2) is 9.51. The molecule has 3 aromatic heterocycles. The molecule has 0 unspecified atom stereocenters. The van der Waals surface area contributed by atoms with Crippen molar-refractivity contribution in [1.82, 2.24) is 19.4 Å². The van der Waals surface area contributed by atoms with Crippen molar-refractivity contribution in [2.24, 2.45) is 0 Å². The van der Waals surface area contributed by atoms with Crippen molar-refractivity contribution in [3.05, 3.63) is 78.3 Å². The van der Waals surface area contributed by atoms with Crippen molar-refractivity contribution < 1.29 is 13.9 Å². The Labute approximate surface area is 221 Å². The summed E-state index contributed by atoms with van der Waals surface area (Å²) in [5.41, 5.74) is 5.60. The number of ether oxygens (including phenoxy) is 1. The number of hydrogen-bond donors (Lipinski definition) is 0. The normalized spacial score (nSPS) is 17.6. The number of pyridine rings is 2. The third-order valence-electron chi connectivity index (χ3n) is 7.87. The molecule has 2 fully saturated rings. The van der Waals surface area contributed by atoms with Gasteiger partial charge in [-0.25, -0.2) is 9.78 Å². The summed E-state index contributed by atoms with van der Waals surface area (Å²) in [4.78, 5) is 25.1. The molecule has 5 heterocycles. The molecule has 1 spiro atoms. The van der Waals surface area contributed by atoms with Gasteiger partial charge in [0.1, 0.15) is 5.60 Å². The lowest BCUT2D eigenvalue weighted by molar-refractivity contribution is -0.000890. The lowest BCUT2D eigenvalue weighted by Crippen LogP contribution is -2.46. The third kappa shape index (κ3) is 4.43. The Balaban J connectivity index is 1.23. The molecule has 6 rings (SSSR count). The van der Waals surface area contributed by atoms with Gasteiger partial charge in [0.05, 0.1) is 18.4 Å². The average Bonchev–Trinajstić information content (AvgIpc) is 3.44. The summed E-state index contributed by atoms with van der Waals surface area (Å²) in [6.07, 6.45) is 6.88. The molecular formula is C30H32FN5O2. The van der Waals surface area contributed by atoms with Crippen LogP contribution in [-0.2, 0) is 11.3 Å². The topological polar surface area (TPSA) is 63.5 Å². The van der Waals surface area contributed by atoms with Gasteiger partial charge in [0.15, 0.2) is 0 Å². The van der Waals surface area contributed by atoms with Crippen molar-refractivity contribution in [3.8, 4) is 11.1 Å². The van der Waals surface area contributed by atoms with Crippen molar-refractivity contribution in [2.75, 3.05) is 24.5 Å². The summed E-state index contributed by atoms with van der Waals surface area (Å²) in [7, 11) is 0. The fourth-order valence-electron chi connectivity index (χ4n) is 5.78. The van der Waals surface area contributed by atoms with Gasteiger partial charge >= 0.3 is 6.09 Å². The third-order valence-corrected chi connectivity index (χ3v) is 7.87. The van der Waals surface area contributed by atoms with E-state index in [0.717, 1.165) is 60.5 Å². The van der Waals surface area contributed by atoms with E-state index in [4.69, 9.17) is 4.74 Å². The summed E-state index contributed by atoms with van der Waals surface area (Å²) in [6, 6.07) is 13.6. The summed E-state index contributed by atoms with van der Waals surface area (Å²) in [5.74, 6) is -0.479. The molecule has 1 aromatic carbocycles. The number of amides is 1. The van der Waals surface area contributed by atoms with E-state index in [1.165, 1.54) is 17.0 Å². The van der Waals surface area contributed by atoms with Gasteiger partial charge in [-0.15, -0.1) is 0 Å². The highest BCUT2D eigenvalue weighted by Crippen LogP contribution is 2.38. The van der Waals surface area contributed by atoms with Gasteiger partial charge in [-0.05, 0) is 62.2 Å². The van der Waals surface area contributed by atoms with E-state index in [1.807, 2.05) is 19.1 Å². The molecule has 38 heavy (non-hydrogen) atoms. The molecule has 8 heteroatoms. The largest absolute Gasteiger partial charge is 0.441 e. The first-order valence-corrected chi connectivity index (χ1v) is 13.2. The van der Waals surface area contributed by atoms with Gasteiger partial charge in [0.2, 0.25) is 5.95 Å². The van der Waals surface area contributed by atoms with Crippen LogP contribution in [0.5, 0.6) is 0 Å². The fraction of sp³-hybridized carbons (Fsp3) is 0.367. The standard InChI is InChI=1S/C30H32FN5O2/c1-20(2)35-18-23(28-25(5-4-6-26(28)35)22-8-10-27(31)33-15-22)17-34-13-11-30(12-14-34)19-36(29(37)38-30)24-9-7-21(3)32-16-24/h4-10,15-16,18,20H,11-14,17,19H2,1-3H3. The van der Waals surface area contributed by atoms with Gasteiger partial charge in [0, 0.05) is 73.1 Å². The number of carbonyl (C=O) groups excluding carboxylic acids is 1. The average molecular weight is 514 g/mol. The number of anilines is 1. The van der Waals surface area contributed by atoms with Crippen LogP contribution in [0.4, 0.5) is 14.9 Å². The van der Waals surface area contributed by atoms with Gasteiger partial charge < -0.3 is 9.30 Å². The van der Waals surface area contributed by atoms with E-state index >= 15 is 0 Å². The number of nitrogens with zero attached hydrogens (tertiary/aromatic N) is 5. The minimum absolute atomic E-state index is 0.290. The van der Waals surface area contributed by atoms with Crippen LogP contribution >= 0.6 is 0 Å². The predicted molar refractivity (Wildman–Crippen MR) is 146 cm³/mol. The second-order valence-electron chi connectivity index (χ2n) is 10.8. The Hall–Kier alpha value is -3.78. The molecule has 2 aliphatic heterocycles. The predicted octanol–water partition coefficient (Wildman–Crippen LogP) is 6.12. The first-order valence-electron chi connectivity index (χ1n) is 13.2. The zero-order valence-corrected chi connectivity index (χ0v) is 22.0. The van der Waals surface area contributed by atoms with Crippen LogP contribution in [0.2, 0.25) is 0 Å². The van der Waals surface area contributed by atoms with E-state index in [0.29, 0.717) is 12.6 Å².